The number of hydrogen-bond acceptors (Lipinski definition) is 3. The van der Waals surface area contributed by atoms with Crippen molar-refractivity contribution >= 4 is 11.8 Å². The van der Waals surface area contributed by atoms with E-state index in [0.717, 1.165) is 32.7 Å². The molecule has 0 bridgehead atoms. The van der Waals surface area contributed by atoms with Crippen molar-refractivity contribution in [3.63, 3.8) is 0 Å². The number of rotatable bonds is 4. The Morgan fingerprint density at radius 3 is 2.39 bits per heavy atom. The minimum Gasteiger partial charge on any atom is -0.369 e. The van der Waals surface area contributed by atoms with E-state index in [-0.39, 0.29) is 0 Å². The Kier molecular flexibility index (Phi) is 4.79. The van der Waals surface area contributed by atoms with Gasteiger partial charge >= 0.3 is 0 Å². The van der Waals surface area contributed by atoms with Crippen molar-refractivity contribution in [1.82, 2.24) is 10.2 Å². The van der Waals surface area contributed by atoms with Gasteiger partial charge in [-0.05, 0) is 31.8 Å². The van der Waals surface area contributed by atoms with Crippen LogP contribution in [0.1, 0.15) is 5.56 Å². The van der Waals surface area contributed by atoms with E-state index in [1.165, 1.54) is 11.3 Å². The highest BCUT2D eigenvalue weighted by atomic mass is 15.2. The quantitative estimate of drug-likeness (QED) is 0.870. The molecule has 1 N–H and O–H groups in total. The van der Waals surface area contributed by atoms with Crippen LogP contribution in [-0.4, -0.2) is 51.7 Å². The fraction of sp³-hybridized carbons (Fsp3) is 0.467. The summed E-state index contributed by atoms with van der Waals surface area (Å²) < 4.78 is 0. The first kappa shape index (κ1) is 13.1. The molecule has 1 aliphatic heterocycles. The van der Waals surface area contributed by atoms with Crippen LogP contribution < -0.4 is 10.2 Å². The number of hydrogen-bond donors (Lipinski definition) is 1. The molecule has 1 fully saturated rings. The van der Waals surface area contributed by atoms with E-state index >= 15 is 0 Å². The van der Waals surface area contributed by atoms with Crippen LogP contribution in [0.15, 0.2) is 30.3 Å². The van der Waals surface area contributed by atoms with Crippen molar-refractivity contribution in [2.24, 2.45) is 0 Å². The minimum atomic E-state index is 0.917. The summed E-state index contributed by atoms with van der Waals surface area (Å²) in [5.74, 6) is 0. The Hall–Kier alpha value is -1.32. The molecule has 98 valence electrons. The first-order valence-electron chi connectivity index (χ1n) is 6.64. The van der Waals surface area contributed by atoms with E-state index in [1.54, 1.807) is 0 Å². The van der Waals surface area contributed by atoms with Crippen molar-refractivity contribution in [3.8, 4) is 0 Å². The predicted molar refractivity (Wildman–Crippen MR) is 79.1 cm³/mol. The van der Waals surface area contributed by atoms with E-state index in [2.05, 4.69) is 58.6 Å². The number of piperazine rings is 1. The van der Waals surface area contributed by atoms with Gasteiger partial charge in [-0.2, -0.15) is 0 Å². The van der Waals surface area contributed by atoms with E-state index < -0.39 is 0 Å². The average Bonchev–Trinajstić information content (AvgIpc) is 2.41. The van der Waals surface area contributed by atoms with Crippen LogP contribution in [0.25, 0.3) is 6.08 Å². The average molecular weight is 245 g/mol. The smallest absolute Gasteiger partial charge is 0.0367 e. The number of anilines is 1. The Bertz CT molecular complexity index is 375. The highest BCUT2D eigenvalue weighted by Gasteiger charge is 2.13. The molecule has 0 radical (unpaired) electrons. The second kappa shape index (κ2) is 6.57. The molecule has 1 aliphatic rings. The second-order valence-corrected chi connectivity index (χ2v) is 4.84. The van der Waals surface area contributed by atoms with Crippen LogP contribution >= 0.6 is 0 Å². The SMILES string of the molecule is CNCC=Cc1ccc(N2CCN(C)CC2)cc1. The molecule has 1 aromatic rings. The summed E-state index contributed by atoms with van der Waals surface area (Å²) in [4.78, 5) is 4.84. The van der Waals surface area contributed by atoms with Crippen LogP contribution in [0.5, 0.6) is 0 Å². The van der Waals surface area contributed by atoms with E-state index in [4.69, 9.17) is 0 Å². The van der Waals surface area contributed by atoms with Gasteiger partial charge in [0.05, 0.1) is 0 Å². The molecule has 3 nitrogen and oxygen atoms in total. The fourth-order valence-corrected chi connectivity index (χ4v) is 2.17. The molecular weight excluding hydrogens is 222 g/mol. The predicted octanol–water partition coefficient (Wildman–Crippen LogP) is 1.67. The maximum atomic E-state index is 3.11. The second-order valence-electron chi connectivity index (χ2n) is 4.84. The van der Waals surface area contributed by atoms with Crippen LogP contribution in [0.4, 0.5) is 5.69 Å². The van der Waals surface area contributed by atoms with Gasteiger partial charge in [0.15, 0.2) is 0 Å². The molecule has 1 aromatic carbocycles. The van der Waals surface area contributed by atoms with Crippen molar-refractivity contribution in [3.05, 3.63) is 35.9 Å². The molecule has 3 heteroatoms. The summed E-state index contributed by atoms with van der Waals surface area (Å²) in [7, 11) is 4.15. The molecule has 0 spiro atoms. The van der Waals surface area contributed by atoms with Gasteiger partial charge in [-0.25, -0.2) is 0 Å². The molecule has 1 heterocycles. The zero-order valence-corrected chi connectivity index (χ0v) is 11.4. The number of nitrogens with one attached hydrogen (secondary N) is 1. The van der Waals surface area contributed by atoms with Gasteiger partial charge in [0.2, 0.25) is 0 Å². The van der Waals surface area contributed by atoms with Crippen molar-refractivity contribution in [1.29, 1.82) is 0 Å². The molecule has 0 amide bonds. The van der Waals surface area contributed by atoms with Crippen LogP contribution in [0.3, 0.4) is 0 Å². The van der Waals surface area contributed by atoms with Crippen molar-refractivity contribution in [2.45, 2.75) is 0 Å². The molecule has 2 rings (SSSR count). The van der Waals surface area contributed by atoms with Crippen LogP contribution in [0.2, 0.25) is 0 Å². The third-order valence-electron chi connectivity index (χ3n) is 3.39. The normalized spacial score (nSPS) is 17.6. The summed E-state index contributed by atoms with van der Waals surface area (Å²) in [6.07, 6.45) is 4.30. The van der Waals surface area contributed by atoms with Gasteiger partial charge in [-0.3, -0.25) is 0 Å². The Morgan fingerprint density at radius 1 is 1.11 bits per heavy atom. The molecule has 18 heavy (non-hydrogen) atoms. The number of benzene rings is 1. The molecule has 0 unspecified atom stereocenters. The molecule has 0 aromatic heterocycles. The molecule has 0 saturated carbocycles. The highest BCUT2D eigenvalue weighted by Crippen LogP contribution is 2.17. The van der Waals surface area contributed by atoms with Gasteiger partial charge in [0, 0.05) is 38.4 Å². The zero-order chi connectivity index (χ0) is 12.8. The molecular formula is C15H23N3. The lowest BCUT2D eigenvalue weighted by molar-refractivity contribution is 0.313. The van der Waals surface area contributed by atoms with Gasteiger partial charge < -0.3 is 15.1 Å². The molecule has 1 saturated heterocycles. The lowest BCUT2D eigenvalue weighted by Gasteiger charge is -2.34. The standard InChI is InChI=1S/C15H23N3/c1-16-9-3-4-14-5-7-15(8-6-14)18-12-10-17(2)11-13-18/h3-8,16H,9-13H2,1-2H3. The fourth-order valence-electron chi connectivity index (χ4n) is 2.17. The van der Waals surface area contributed by atoms with E-state index in [1.807, 2.05) is 7.05 Å². The largest absolute Gasteiger partial charge is 0.369 e. The first-order chi connectivity index (χ1) is 8.79. The zero-order valence-electron chi connectivity index (χ0n) is 11.4. The van der Waals surface area contributed by atoms with Gasteiger partial charge in [0.25, 0.3) is 0 Å². The van der Waals surface area contributed by atoms with Gasteiger partial charge in [-0.1, -0.05) is 24.3 Å². The summed E-state index contributed by atoms with van der Waals surface area (Å²) in [6, 6.07) is 8.84. The van der Waals surface area contributed by atoms with Crippen molar-refractivity contribution in [2.75, 3.05) is 51.7 Å². The molecule has 0 aliphatic carbocycles. The summed E-state index contributed by atoms with van der Waals surface area (Å²) in [5, 5.41) is 3.11. The number of nitrogens with zero attached hydrogens (tertiary/aromatic N) is 2. The third-order valence-corrected chi connectivity index (χ3v) is 3.39. The summed E-state index contributed by atoms with van der Waals surface area (Å²) in [6.45, 7) is 5.49. The molecule has 0 atom stereocenters. The van der Waals surface area contributed by atoms with E-state index in [9.17, 15) is 0 Å². The summed E-state index contributed by atoms with van der Waals surface area (Å²) in [5.41, 5.74) is 2.61. The Morgan fingerprint density at radius 2 is 1.78 bits per heavy atom. The lowest BCUT2D eigenvalue weighted by atomic mass is 10.1. The highest BCUT2D eigenvalue weighted by molar-refractivity contribution is 5.56. The topological polar surface area (TPSA) is 18.5 Å². The minimum absolute atomic E-state index is 0.917. The maximum absolute atomic E-state index is 3.11. The Balaban J connectivity index is 1.95. The monoisotopic (exact) mass is 245 g/mol. The number of likely N-dealkylation sites (N-methyl/N-ethyl adjacent to an activating group) is 2. The third kappa shape index (κ3) is 3.59. The maximum Gasteiger partial charge on any atom is 0.0367 e. The van der Waals surface area contributed by atoms with Gasteiger partial charge in [0.1, 0.15) is 0 Å². The van der Waals surface area contributed by atoms with E-state index in [0.29, 0.717) is 0 Å². The van der Waals surface area contributed by atoms with Crippen LogP contribution in [0, 0.1) is 0 Å². The van der Waals surface area contributed by atoms with Gasteiger partial charge in [-0.15, -0.1) is 0 Å². The van der Waals surface area contributed by atoms with Crippen LogP contribution in [-0.2, 0) is 0 Å². The lowest BCUT2D eigenvalue weighted by Crippen LogP contribution is -2.44. The first-order valence-corrected chi connectivity index (χ1v) is 6.64. The Labute approximate surface area is 110 Å². The van der Waals surface area contributed by atoms with Crippen molar-refractivity contribution < 1.29 is 0 Å². The summed E-state index contributed by atoms with van der Waals surface area (Å²) >= 11 is 0.